The summed E-state index contributed by atoms with van der Waals surface area (Å²) >= 11 is 1.25. The topological polar surface area (TPSA) is 80.2 Å². The highest BCUT2D eigenvalue weighted by atomic mass is 32.1. The molecule has 0 amide bonds. The summed E-state index contributed by atoms with van der Waals surface area (Å²) in [6.07, 6.45) is 3.73. The second-order valence-corrected chi connectivity index (χ2v) is 9.28. The van der Waals surface area contributed by atoms with E-state index in [0.717, 1.165) is 17.8 Å². The number of hydrogen-bond donors (Lipinski definition) is 1. The van der Waals surface area contributed by atoms with Gasteiger partial charge in [-0.15, -0.1) is 11.3 Å². The van der Waals surface area contributed by atoms with Crippen LogP contribution in [0.4, 0.5) is 0 Å². The molecule has 142 valence electrons. The predicted molar refractivity (Wildman–Crippen MR) is 106 cm³/mol. The highest BCUT2D eigenvalue weighted by molar-refractivity contribution is 7.14. The second kappa shape index (κ2) is 7.35. The fourth-order valence-corrected chi connectivity index (χ4v) is 4.29. The van der Waals surface area contributed by atoms with Gasteiger partial charge in [0.15, 0.2) is 0 Å². The zero-order chi connectivity index (χ0) is 19.8. The Kier molecular flexibility index (Phi) is 5.29. The average Bonchev–Trinajstić information content (AvgIpc) is 2.96. The van der Waals surface area contributed by atoms with Crippen LogP contribution in [0.2, 0.25) is 0 Å². The molecule has 3 rings (SSSR count). The van der Waals surface area contributed by atoms with Crippen LogP contribution in [-0.2, 0) is 24.1 Å². The van der Waals surface area contributed by atoms with E-state index in [1.165, 1.54) is 18.3 Å². The lowest BCUT2D eigenvalue weighted by molar-refractivity contribution is -0.116. The fourth-order valence-electron chi connectivity index (χ4n) is 3.14. The summed E-state index contributed by atoms with van der Waals surface area (Å²) in [5.74, 6) is -0.185. The zero-order valence-electron chi connectivity index (χ0n) is 16.1. The van der Waals surface area contributed by atoms with E-state index in [1.807, 2.05) is 12.1 Å². The number of fused-ring (bicyclic) bond motifs is 1. The third-order valence-corrected chi connectivity index (χ3v) is 5.43. The van der Waals surface area contributed by atoms with Gasteiger partial charge in [0.25, 0.3) is 0 Å². The van der Waals surface area contributed by atoms with Gasteiger partial charge in [-0.2, -0.15) is 0 Å². The normalized spacial score (nSPS) is 16.2. The molecule has 0 fully saturated rings. The summed E-state index contributed by atoms with van der Waals surface area (Å²) in [7, 11) is 0. The second-order valence-electron chi connectivity index (χ2n) is 8.19. The van der Waals surface area contributed by atoms with E-state index < -0.39 is 0 Å². The van der Waals surface area contributed by atoms with Gasteiger partial charge in [0.2, 0.25) is 5.78 Å². The van der Waals surface area contributed by atoms with Gasteiger partial charge in [0, 0.05) is 23.0 Å². The molecule has 0 atom stereocenters. The Labute approximate surface area is 163 Å². The number of aliphatic hydroxyl groups is 1. The highest BCUT2D eigenvalue weighted by Crippen LogP contribution is 2.33. The molecule has 2 aromatic heterocycles. The number of pyridine rings is 1. The molecule has 27 heavy (non-hydrogen) atoms. The number of aryl methyl sites for hydroxylation is 1. The summed E-state index contributed by atoms with van der Waals surface area (Å²) in [4.78, 5) is 33.5. The molecular weight excluding hydrogens is 360 g/mol. The van der Waals surface area contributed by atoms with Crippen LogP contribution in [0.15, 0.2) is 23.9 Å². The molecular formula is C21H24N2O3S. The lowest BCUT2D eigenvalue weighted by atomic mass is 9.90. The summed E-state index contributed by atoms with van der Waals surface area (Å²) in [5, 5.41) is 11.3. The molecule has 2 heterocycles. The number of thiazole rings is 1. The van der Waals surface area contributed by atoms with Crippen molar-refractivity contribution in [1.82, 2.24) is 9.97 Å². The first-order chi connectivity index (χ1) is 12.6. The molecule has 0 saturated heterocycles. The molecule has 0 aromatic carbocycles. The molecule has 0 spiro atoms. The van der Waals surface area contributed by atoms with Crippen LogP contribution in [0.5, 0.6) is 0 Å². The van der Waals surface area contributed by atoms with Gasteiger partial charge in [-0.3, -0.25) is 14.6 Å². The average molecular weight is 385 g/mol. The van der Waals surface area contributed by atoms with Crippen LogP contribution >= 0.6 is 11.3 Å². The first-order valence-electron chi connectivity index (χ1n) is 9.04. The Hall–Kier alpha value is -2.34. The summed E-state index contributed by atoms with van der Waals surface area (Å²) in [6, 6.07) is 3.71. The van der Waals surface area contributed by atoms with Crippen LogP contribution < -0.4 is 0 Å². The predicted octanol–water partition coefficient (Wildman–Crippen LogP) is 4.36. The van der Waals surface area contributed by atoms with Gasteiger partial charge in [-0.25, -0.2) is 4.98 Å². The maximum Gasteiger partial charge on any atom is 0.204 e. The minimum Gasteiger partial charge on any atom is -0.507 e. The van der Waals surface area contributed by atoms with Crippen molar-refractivity contribution in [2.75, 3.05) is 0 Å². The number of rotatable bonds is 4. The van der Waals surface area contributed by atoms with E-state index in [0.29, 0.717) is 33.9 Å². The number of aliphatic hydroxyl groups excluding tert-OH is 1. The van der Waals surface area contributed by atoms with Crippen molar-refractivity contribution in [3.8, 4) is 0 Å². The number of allylic oxidation sites excluding steroid dienone is 1. The monoisotopic (exact) mass is 384 g/mol. The van der Waals surface area contributed by atoms with Crippen molar-refractivity contribution in [3.05, 3.63) is 50.7 Å². The molecule has 1 N–H and O–H groups in total. The van der Waals surface area contributed by atoms with E-state index in [2.05, 4.69) is 30.7 Å². The lowest BCUT2D eigenvalue weighted by Crippen LogP contribution is -2.14. The smallest absolute Gasteiger partial charge is 0.204 e. The SMILES string of the molecule is CC(=O)Cc1nc2c(s1)C(=O)/C(=C(\O)c1ccc(CC(C)(C)C)nc1)CC2. The van der Waals surface area contributed by atoms with E-state index in [1.54, 1.807) is 6.20 Å². The Bertz CT molecular complexity index is 918. The lowest BCUT2D eigenvalue weighted by Gasteiger charge is -2.18. The Morgan fingerprint density at radius 1 is 1.26 bits per heavy atom. The number of Topliss-reactive ketones (excluding diaryl/α,β-unsaturated/α-hetero) is 2. The van der Waals surface area contributed by atoms with E-state index in [9.17, 15) is 14.7 Å². The molecule has 0 saturated carbocycles. The minimum absolute atomic E-state index is 0.0121. The number of aromatic nitrogens is 2. The summed E-state index contributed by atoms with van der Waals surface area (Å²) in [6.45, 7) is 7.96. The van der Waals surface area contributed by atoms with Gasteiger partial charge in [0.05, 0.1) is 17.0 Å². The maximum absolute atomic E-state index is 12.8. The first kappa shape index (κ1) is 19.4. The number of carbonyl (C=O) groups excluding carboxylic acids is 2. The number of ketones is 2. The molecule has 5 nitrogen and oxygen atoms in total. The van der Waals surface area contributed by atoms with Gasteiger partial charge < -0.3 is 5.11 Å². The highest BCUT2D eigenvalue weighted by Gasteiger charge is 2.29. The minimum atomic E-state index is -0.195. The largest absolute Gasteiger partial charge is 0.507 e. The zero-order valence-corrected chi connectivity index (χ0v) is 16.9. The van der Waals surface area contributed by atoms with E-state index in [4.69, 9.17) is 0 Å². The van der Waals surface area contributed by atoms with E-state index in [-0.39, 0.29) is 29.2 Å². The Morgan fingerprint density at radius 2 is 2.00 bits per heavy atom. The molecule has 1 aliphatic rings. The van der Waals surface area contributed by atoms with E-state index >= 15 is 0 Å². The molecule has 1 aliphatic carbocycles. The Balaban J connectivity index is 1.86. The van der Waals surface area contributed by atoms with Crippen molar-refractivity contribution < 1.29 is 14.7 Å². The van der Waals surface area contributed by atoms with Crippen LogP contribution in [0.1, 0.15) is 65.7 Å². The number of nitrogens with zero attached hydrogens (tertiary/aromatic N) is 2. The molecule has 0 radical (unpaired) electrons. The summed E-state index contributed by atoms with van der Waals surface area (Å²) in [5.41, 5.74) is 2.77. The van der Waals surface area contributed by atoms with Crippen LogP contribution in [0.25, 0.3) is 5.76 Å². The molecule has 2 aromatic rings. The van der Waals surface area contributed by atoms with Crippen LogP contribution in [0.3, 0.4) is 0 Å². The van der Waals surface area contributed by atoms with Crippen molar-refractivity contribution in [1.29, 1.82) is 0 Å². The molecule has 0 unspecified atom stereocenters. The van der Waals surface area contributed by atoms with Crippen molar-refractivity contribution in [2.24, 2.45) is 5.41 Å². The third-order valence-electron chi connectivity index (χ3n) is 4.33. The van der Waals surface area contributed by atoms with Gasteiger partial charge >= 0.3 is 0 Å². The number of hydrogen-bond acceptors (Lipinski definition) is 6. The van der Waals surface area contributed by atoms with Crippen LogP contribution in [-0.4, -0.2) is 26.6 Å². The Morgan fingerprint density at radius 3 is 2.59 bits per heavy atom. The first-order valence-corrected chi connectivity index (χ1v) is 9.86. The number of carbonyl (C=O) groups is 2. The summed E-state index contributed by atoms with van der Waals surface area (Å²) < 4.78 is 0. The maximum atomic E-state index is 12.8. The molecule has 6 heteroatoms. The molecule has 0 aliphatic heterocycles. The third kappa shape index (κ3) is 4.50. The fraction of sp³-hybridized carbons (Fsp3) is 0.429. The van der Waals surface area contributed by atoms with Gasteiger partial charge in [-0.1, -0.05) is 20.8 Å². The van der Waals surface area contributed by atoms with Gasteiger partial charge in [0.1, 0.15) is 16.6 Å². The van der Waals surface area contributed by atoms with Gasteiger partial charge in [-0.05, 0) is 43.7 Å². The van der Waals surface area contributed by atoms with Crippen molar-refractivity contribution >= 4 is 28.7 Å². The van der Waals surface area contributed by atoms with Crippen LogP contribution in [0, 0.1) is 5.41 Å². The van der Waals surface area contributed by atoms with Crippen molar-refractivity contribution in [2.45, 2.75) is 53.4 Å². The standard InChI is InChI=1S/C21H24N2O3S/c1-12(24)9-17-23-16-8-7-15(19(26)20(16)27-17)18(25)13-5-6-14(22-11-13)10-21(2,3)4/h5-6,11,25H,7-10H2,1-4H3/b18-15-. The van der Waals surface area contributed by atoms with Crippen molar-refractivity contribution in [3.63, 3.8) is 0 Å². The molecule has 0 bridgehead atoms. The quantitative estimate of drug-likeness (QED) is 0.626.